The Morgan fingerprint density at radius 2 is 1.21 bits per heavy atom. The molecule has 3 atom stereocenters. The highest BCUT2D eigenvalue weighted by Crippen LogP contribution is 2.56. The van der Waals surface area contributed by atoms with Gasteiger partial charge in [0.25, 0.3) is 0 Å². The van der Waals surface area contributed by atoms with Crippen molar-refractivity contribution in [2.24, 2.45) is 11.3 Å². The number of carboxylic acid groups (broad SMARTS) is 3. The number of carbonyl (C=O) groups excluding carboxylic acids is 2. The number of unbranched alkanes of at least 4 members (excludes halogenated alkanes) is 6. The molecule has 1 fully saturated rings. The number of esters is 2. The van der Waals surface area contributed by atoms with Gasteiger partial charge in [-0.25, -0.2) is 0 Å². The van der Waals surface area contributed by atoms with Gasteiger partial charge in [0.15, 0.2) is 0 Å². The summed E-state index contributed by atoms with van der Waals surface area (Å²) < 4.78 is 20.7. The first-order chi connectivity index (χ1) is 20.4. The Kier molecular flexibility index (Phi) is 23.1. The van der Waals surface area contributed by atoms with Gasteiger partial charge in [-0.3, -0.25) is 24.0 Å². The summed E-state index contributed by atoms with van der Waals surface area (Å²) in [5.41, 5.74) is -0.327. The van der Waals surface area contributed by atoms with E-state index in [2.05, 4.69) is 13.8 Å². The molecule has 12 heteroatoms. The standard InChI is InChI=1S/C19H32O10.C12H22O2/c1-15(27-12-13-29-19(25)9-5-3-7-17(22)23)14-26-10-11-28-18(24)8-4-2-6-16(20)21;1-3-4-5-6-7-8-12(11(13)14)9-10(12)2/h15H,2-14H2,1H3,(H,20,21)(H,22,23);10H,3-9H2,1-2H3,(H,13,14). The molecular formula is C31H54O12. The van der Waals surface area contributed by atoms with E-state index in [9.17, 15) is 24.0 Å². The fraction of sp³-hybridized carbons (Fsp3) is 0.839. The summed E-state index contributed by atoms with van der Waals surface area (Å²) in [6.07, 6.45) is 9.95. The number of carbonyl (C=O) groups is 5. The molecule has 0 amide bonds. The molecule has 0 aromatic carbocycles. The zero-order chi connectivity index (χ0) is 32.5. The van der Waals surface area contributed by atoms with E-state index in [1.165, 1.54) is 25.7 Å². The molecule has 0 radical (unpaired) electrons. The van der Waals surface area contributed by atoms with Gasteiger partial charge in [0.05, 0.1) is 31.3 Å². The van der Waals surface area contributed by atoms with Gasteiger partial charge in [-0.15, -0.1) is 0 Å². The maximum absolute atomic E-state index is 11.4. The lowest BCUT2D eigenvalue weighted by molar-refractivity contribution is -0.148. The van der Waals surface area contributed by atoms with Crippen LogP contribution in [0.4, 0.5) is 0 Å². The van der Waals surface area contributed by atoms with Crippen LogP contribution >= 0.6 is 0 Å². The number of hydrogen-bond donors (Lipinski definition) is 3. The highest BCUT2D eigenvalue weighted by molar-refractivity contribution is 5.78. The molecule has 1 aliphatic carbocycles. The van der Waals surface area contributed by atoms with Crippen molar-refractivity contribution in [1.82, 2.24) is 0 Å². The van der Waals surface area contributed by atoms with Crippen LogP contribution in [0, 0.1) is 11.3 Å². The Hall–Kier alpha value is -2.73. The maximum Gasteiger partial charge on any atom is 0.309 e. The van der Waals surface area contributed by atoms with Gasteiger partial charge >= 0.3 is 29.8 Å². The lowest BCUT2D eigenvalue weighted by Gasteiger charge is -2.13. The minimum Gasteiger partial charge on any atom is -0.481 e. The Balaban J connectivity index is 0.00000104. The number of rotatable bonds is 26. The second-order valence-corrected chi connectivity index (χ2v) is 11.1. The fourth-order valence-electron chi connectivity index (χ4n) is 4.44. The Bertz CT molecular complexity index is 815. The fourth-order valence-corrected chi connectivity index (χ4v) is 4.44. The minimum atomic E-state index is -0.880. The summed E-state index contributed by atoms with van der Waals surface area (Å²) in [5, 5.41) is 26.1. The second-order valence-electron chi connectivity index (χ2n) is 11.1. The van der Waals surface area contributed by atoms with Crippen LogP contribution in [0.5, 0.6) is 0 Å². The number of ether oxygens (including phenoxy) is 4. The molecule has 3 unspecified atom stereocenters. The van der Waals surface area contributed by atoms with E-state index >= 15 is 0 Å². The van der Waals surface area contributed by atoms with E-state index in [4.69, 9.17) is 34.3 Å². The van der Waals surface area contributed by atoms with Crippen molar-refractivity contribution in [2.45, 2.75) is 123 Å². The Labute approximate surface area is 255 Å². The van der Waals surface area contributed by atoms with E-state index in [0.29, 0.717) is 38.2 Å². The molecule has 1 saturated carbocycles. The highest BCUT2D eigenvalue weighted by Gasteiger charge is 2.56. The van der Waals surface area contributed by atoms with E-state index in [0.717, 1.165) is 19.3 Å². The molecule has 0 aromatic heterocycles. The van der Waals surface area contributed by atoms with Crippen molar-refractivity contribution in [3.05, 3.63) is 0 Å². The molecule has 1 rings (SSSR count). The maximum atomic E-state index is 11.4. The van der Waals surface area contributed by atoms with Crippen molar-refractivity contribution in [3.63, 3.8) is 0 Å². The highest BCUT2D eigenvalue weighted by atomic mass is 16.6. The SMILES string of the molecule is CC(COCCOC(=O)CCCCC(=O)O)OCCOC(=O)CCCCC(=O)O.CCCCCCCC1(C(=O)O)CC1C. The van der Waals surface area contributed by atoms with E-state index in [1.54, 1.807) is 6.92 Å². The molecule has 0 aliphatic heterocycles. The van der Waals surface area contributed by atoms with Gasteiger partial charge in [0.2, 0.25) is 0 Å². The minimum absolute atomic E-state index is 0.0416. The summed E-state index contributed by atoms with van der Waals surface area (Å²) >= 11 is 0. The average molecular weight is 619 g/mol. The van der Waals surface area contributed by atoms with E-state index in [1.807, 2.05) is 0 Å². The van der Waals surface area contributed by atoms with Crippen molar-refractivity contribution in [1.29, 1.82) is 0 Å². The number of aliphatic carboxylic acids is 3. The Morgan fingerprint density at radius 1 is 0.721 bits per heavy atom. The molecule has 1 aliphatic rings. The molecule has 0 saturated heterocycles. The monoisotopic (exact) mass is 618 g/mol. The van der Waals surface area contributed by atoms with Gasteiger partial charge in [-0.05, 0) is 51.4 Å². The van der Waals surface area contributed by atoms with Crippen LogP contribution in [0.1, 0.15) is 117 Å². The molecule has 250 valence electrons. The second kappa shape index (κ2) is 24.7. The summed E-state index contributed by atoms with van der Waals surface area (Å²) in [4.78, 5) is 54.5. The van der Waals surface area contributed by atoms with Crippen molar-refractivity contribution in [2.75, 3.05) is 33.0 Å². The molecule has 43 heavy (non-hydrogen) atoms. The van der Waals surface area contributed by atoms with E-state index in [-0.39, 0.29) is 75.6 Å². The van der Waals surface area contributed by atoms with Crippen molar-refractivity contribution in [3.8, 4) is 0 Å². The molecule has 0 aromatic rings. The molecule has 12 nitrogen and oxygen atoms in total. The van der Waals surface area contributed by atoms with Crippen LogP contribution in [0.2, 0.25) is 0 Å². The van der Waals surface area contributed by atoms with Crippen LogP contribution in [-0.4, -0.2) is 84.3 Å². The third kappa shape index (κ3) is 22.5. The first-order valence-electron chi connectivity index (χ1n) is 15.6. The largest absolute Gasteiger partial charge is 0.481 e. The first-order valence-corrected chi connectivity index (χ1v) is 15.6. The Morgan fingerprint density at radius 3 is 1.67 bits per heavy atom. The average Bonchev–Trinajstić information content (AvgIpc) is 3.62. The van der Waals surface area contributed by atoms with E-state index < -0.39 is 17.9 Å². The number of hydrogen-bond acceptors (Lipinski definition) is 9. The molecule has 0 spiro atoms. The van der Waals surface area contributed by atoms with Gasteiger partial charge in [-0.1, -0.05) is 46.0 Å². The predicted octanol–water partition coefficient (Wildman–Crippen LogP) is 5.24. The van der Waals surface area contributed by atoms with Crippen molar-refractivity contribution < 1.29 is 58.2 Å². The summed E-state index contributed by atoms with van der Waals surface area (Å²) in [5.74, 6) is -2.68. The van der Waals surface area contributed by atoms with Crippen LogP contribution in [0.15, 0.2) is 0 Å². The summed E-state index contributed by atoms with van der Waals surface area (Å²) in [7, 11) is 0. The lowest BCUT2D eigenvalue weighted by atomic mass is 9.95. The molecule has 0 heterocycles. The lowest BCUT2D eigenvalue weighted by Crippen LogP contribution is -2.21. The third-order valence-electron chi connectivity index (χ3n) is 7.24. The molecule has 3 N–H and O–H groups in total. The first kappa shape index (κ1) is 40.3. The topological polar surface area (TPSA) is 183 Å². The molecule has 0 bridgehead atoms. The number of carboxylic acids is 3. The molecular weight excluding hydrogens is 564 g/mol. The summed E-state index contributed by atoms with van der Waals surface area (Å²) in [6, 6.07) is 0. The van der Waals surface area contributed by atoms with Crippen LogP contribution in [0.3, 0.4) is 0 Å². The summed E-state index contributed by atoms with van der Waals surface area (Å²) in [6.45, 7) is 7.01. The van der Waals surface area contributed by atoms with Crippen LogP contribution < -0.4 is 0 Å². The third-order valence-corrected chi connectivity index (χ3v) is 7.24. The van der Waals surface area contributed by atoms with Crippen LogP contribution in [0.25, 0.3) is 0 Å². The van der Waals surface area contributed by atoms with Gasteiger partial charge in [0, 0.05) is 25.7 Å². The van der Waals surface area contributed by atoms with Gasteiger partial charge < -0.3 is 34.3 Å². The van der Waals surface area contributed by atoms with Crippen molar-refractivity contribution >= 4 is 29.8 Å². The zero-order valence-electron chi connectivity index (χ0n) is 26.3. The predicted molar refractivity (Wildman–Crippen MR) is 158 cm³/mol. The quantitative estimate of drug-likeness (QED) is 0.0847. The normalized spacial score (nSPS) is 17.7. The van der Waals surface area contributed by atoms with Gasteiger partial charge in [0.1, 0.15) is 13.2 Å². The smallest absolute Gasteiger partial charge is 0.309 e. The van der Waals surface area contributed by atoms with Gasteiger partial charge in [-0.2, -0.15) is 0 Å². The van der Waals surface area contributed by atoms with Crippen LogP contribution in [-0.2, 0) is 42.9 Å². The zero-order valence-corrected chi connectivity index (χ0v) is 26.3.